The fourth-order valence-electron chi connectivity index (χ4n) is 6.69. The third kappa shape index (κ3) is 8.03. The summed E-state index contributed by atoms with van der Waals surface area (Å²) in [6.45, 7) is -0.0520. The van der Waals surface area contributed by atoms with Crippen molar-refractivity contribution < 1.29 is 33.3 Å². The van der Waals surface area contributed by atoms with E-state index in [2.05, 4.69) is 10.3 Å². The van der Waals surface area contributed by atoms with Gasteiger partial charge in [-0.3, -0.25) is 9.36 Å². The van der Waals surface area contributed by atoms with Crippen molar-refractivity contribution >= 4 is 17.7 Å². The third-order valence-corrected chi connectivity index (χ3v) is 9.50. The van der Waals surface area contributed by atoms with Crippen LogP contribution in [0.15, 0.2) is 157 Å². The fraction of sp³-hybridized carbons (Fsp3) is 0.182. The smallest absolute Gasteiger partial charge is 0.351 e. The summed E-state index contributed by atoms with van der Waals surface area (Å²) in [6, 6.07) is 43.9. The number of nitrogens with zero attached hydrogens (tertiary/aromatic N) is 2. The number of methoxy groups -OCH3 is 2. The number of rotatable bonds is 13. The fourth-order valence-corrected chi connectivity index (χ4v) is 6.69. The van der Waals surface area contributed by atoms with Gasteiger partial charge in [0.25, 0.3) is 5.91 Å². The van der Waals surface area contributed by atoms with E-state index in [4.69, 9.17) is 23.7 Å². The summed E-state index contributed by atoms with van der Waals surface area (Å²) in [7, 11) is 3.22. The van der Waals surface area contributed by atoms with Gasteiger partial charge in [-0.05, 0) is 71.3 Å². The Kier molecular flexibility index (Phi) is 11.1. The molecule has 1 aliphatic rings. The topological polar surface area (TPSA) is 127 Å². The second-order valence-corrected chi connectivity index (χ2v) is 12.8. The molecule has 1 N–H and O–H groups in total. The van der Waals surface area contributed by atoms with Crippen LogP contribution in [0.5, 0.6) is 11.5 Å². The maximum Gasteiger partial charge on any atom is 0.351 e. The zero-order valence-corrected chi connectivity index (χ0v) is 30.2. The van der Waals surface area contributed by atoms with Crippen LogP contribution in [-0.4, -0.2) is 54.5 Å². The predicted octanol–water partition coefficient (Wildman–Crippen LogP) is 7.03. The maximum atomic E-state index is 13.4. The Bertz CT molecular complexity index is 2220. The SMILES string of the molecule is COc1ccc(C(OC[C@H]2O[C@@H](n3ccc(NC(=O)c4ccccc4)nc3=O)C[C@@H]2OC(=O)c2ccccc2)(c2ccccc2)c2ccc(OC)cc2)cc1. The Morgan fingerprint density at radius 3 is 1.80 bits per heavy atom. The highest BCUT2D eigenvalue weighted by molar-refractivity contribution is 6.03. The number of carbonyl (C=O) groups excluding carboxylic acids is 2. The second-order valence-electron chi connectivity index (χ2n) is 12.8. The summed E-state index contributed by atoms with van der Waals surface area (Å²) in [5.74, 6) is 0.513. The lowest BCUT2D eigenvalue weighted by molar-refractivity contribution is -0.0967. The normalized spacial score (nSPS) is 16.6. The first-order chi connectivity index (χ1) is 26.9. The molecule has 7 rings (SSSR count). The number of hydrogen-bond donors (Lipinski definition) is 1. The van der Waals surface area contributed by atoms with Crippen LogP contribution in [0.25, 0.3) is 0 Å². The summed E-state index contributed by atoms with van der Waals surface area (Å²) >= 11 is 0. The van der Waals surface area contributed by atoms with Crippen LogP contribution in [0.3, 0.4) is 0 Å². The second kappa shape index (κ2) is 16.6. The number of esters is 1. The van der Waals surface area contributed by atoms with Crippen molar-refractivity contribution in [3.05, 3.63) is 190 Å². The summed E-state index contributed by atoms with van der Waals surface area (Å²) in [6.07, 6.45) is -0.867. The molecule has 0 saturated carbocycles. The number of hydrogen-bond acceptors (Lipinski definition) is 9. The number of carbonyl (C=O) groups is 2. The highest BCUT2D eigenvalue weighted by Crippen LogP contribution is 2.43. The average molecular weight is 738 g/mol. The highest BCUT2D eigenvalue weighted by atomic mass is 16.6. The van der Waals surface area contributed by atoms with Gasteiger partial charge in [0.05, 0.1) is 26.4 Å². The molecule has 1 fully saturated rings. The molecule has 3 atom stereocenters. The molecule has 6 aromatic rings. The molecule has 0 unspecified atom stereocenters. The number of anilines is 1. The monoisotopic (exact) mass is 737 g/mol. The summed E-state index contributed by atoms with van der Waals surface area (Å²) in [5, 5.41) is 2.67. The van der Waals surface area contributed by atoms with Crippen molar-refractivity contribution in [3.63, 3.8) is 0 Å². The van der Waals surface area contributed by atoms with Gasteiger partial charge in [-0.15, -0.1) is 0 Å². The Balaban J connectivity index is 1.23. The van der Waals surface area contributed by atoms with Crippen molar-refractivity contribution in [2.75, 3.05) is 26.1 Å². The molecular weight excluding hydrogens is 698 g/mol. The van der Waals surface area contributed by atoms with E-state index in [1.54, 1.807) is 68.8 Å². The van der Waals surface area contributed by atoms with Gasteiger partial charge < -0.3 is 29.0 Å². The van der Waals surface area contributed by atoms with Crippen molar-refractivity contribution in [3.8, 4) is 11.5 Å². The van der Waals surface area contributed by atoms with Gasteiger partial charge in [0.2, 0.25) is 0 Å². The molecule has 11 heteroatoms. The van der Waals surface area contributed by atoms with Crippen molar-refractivity contribution in [2.45, 2.75) is 30.5 Å². The Morgan fingerprint density at radius 1 is 0.727 bits per heavy atom. The largest absolute Gasteiger partial charge is 0.497 e. The minimum absolute atomic E-state index is 0.0520. The number of nitrogens with one attached hydrogen (secondary N) is 1. The van der Waals surface area contributed by atoms with E-state index in [1.165, 1.54) is 16.8 Å². The summed E-state index contributed by atoms with van der Waals surface area (Å²) in [4.78, 5) is 43.7. The minimum atomic E-state index is -1.17. The average Bonchev–Trinajstić information content (AvgIpc) is 3.64. The Labute approximate surface area is 318 Å². The zero-order chi connectivity index (χ0) is 38.2. The number of aromatic nitrogens is 2. The lowest BCUT2D eigenvalue weighted by Gasteiger charge is -2.37. The molecule has 55 heavy (non-hydrogen) atoms. The Hall–Kier alpha value is -6.56. The quantitative estimate of drug-likeness (QED) is 0.0982. The number of amides is 1. The van der Waals surface area contributed by atoms with Crippen molar-refractivity contribution in [2.24, 2.45) is 0 Å². The van der Waals surface area contributed by atoms with E-state index < -0.39 is 41.6 Å². The van der Waals surface area contributed by atoms with Crippen LogP contribution in [0.4, 0.5) is 5.82 Å². The van der Waals surface area contributed by atoms with Crippen LogP contribution in [0.1, 0.15) is 50.1 Å². The molecule has 2 heterocycles. The molecule has 1 saturated heterocycles. The van der Waals surface area contributed by atoms with Crippen LogP contribution in [-0.2, 0) is 19.8 Å². The van der Waals surface area contributed by atoms with Crippen molar-refractivity contribution in [1.82, 2.24) is 9.55 Å². The van der Waals surface area contributed by atoms with E-state index in [-0.39, 0.29) is 18.8 Å². The van der Waals surface area contributed by atoms with Gasteiger partial charge >= 0.3 is 11.7 Å². The molecule has 1 amide bonds. The molecule has 0 bridgehead atoms. The van der Waals surface area contributed by atoms with Gasteiger partial charge in [-0.25, -0.2) is 9.59 Å². The maximum absolute atomic E-state index is 13.4. The Morgan fingerprint density at radius 2 is 1.25 bits per heavy atom. The molecule has 0 aliphatic carbocycles. The summed E-state index contributed by atoms with van der Waals surface area (Å²) in [5.41, 5.74) is 1.43. The van der Waals surface area contributed by atoms with E-state index >= 15 is 0 Å². The van der Waals surface area contributed by atoms with Crippen LogP contribution in [0, 0.1) is 0 Å². The standard InChI is InChI=1S/C44H39N3O8/c1-51-35-22-18-33(19-23-35)44(32-16-10-5-11-17-32,34-20-24-36(52-2)25-21-34)53-29-38-37(55-42(49)31-14-8-4-9-15-31)28-40(54-38)47-27-26-39(46-43(47)50)45-41(48)30-12-6-3-7-13-30/h3-27,37-38,40H,28-29H2,1-2H3,(H,45,46,48,50)/t37-,38+,40+/m0/s1. The third-order valence-electron chi connectivity index (χ3n) is 9.50. The molecule has 11 nitrogen and oxygen atoms in total. The molecule has 1 aromatic heterocycles. The first kappa shape index (κ1) is 36.8. The molecule has 0 spiro atoms. The first-order valence-electron chi connectivity index (χ1n) is 17.7. The van der Waals surface area contributed by atoms with Gasteiger partial charge in [0.1, 0.15) is 41.4 Å². The van der Waals surface area contributed by atoms with Crippen LogP contribution in [0.2, 0.25) is 0 Å². The molecule has 0 radical (unpaired) electrons. The van der Waals surface area contributed by atoms with Gasteiger partial charge in [0.15, 0.2) is 0 Å². The molecule has 278 valence electrons. The zero-order valence-electron chi connectivity index (χ0n) is 30.2. The summed E-state index contributed by atoms with van der Waals surface area (Å²) < 4.78 is 32.0. The van der Waals surface area contributed by atoms with Crippen LogP contribution < -0.4 is 20.5 Å². The molecular formula is C44H39N3O8. The minimum Gasteiger partial charge on any atom is -0.497 e. The van der Waals surface area contributed by atoms with Gasteiger partial charge in [-0.1, -0.05) is 91.0 Å². The van der Waals surface area contributed by atoms with Gasteiger partial charge in [-0.2, -0.15) is 4.98 Å². The predicted molar refractivity (Wildman–Crippen MR) is 205 cm³/mol. The van der Waals surface area contributed by atoms with E-state index in [9.17, 15) is 14.4 Å². The van der Waals surface area contributed by atoms with E-state index in [1.807, 2.05) is 84.9 Å². The van der Waals surface area contributed by atoms with E-state index in [0.717, 1.165) is 16.7 Å². The molecule has 1 aliphatic heterocycles. The van der Waals surface area contributed by atoms with Crippen molar-refractivity contribution in [1.29, 1.82) is 0 Å². The lowest BCUT2D eigenvalue weighted by Crippen LogP contribution is -2.39. The van der Waals surface area contributed by atoms with E-state index in [0.29, 0.717) is 22.6 Å². The first-order valence-corrected chi connectivity index (χ1v) is 17.7. The highest BCUT2D eigenvalue weighted by Gasteiger charge is 2.44. The number of benzene rings is 5. The van der Waals surface area contributed by atoms with Crippen LogP contribution >= 0.6 is 0 Å². The number of ether oxygens (including phenoxy) is 5. The van der Waals surface area contributed by atoms with Gasteiger partial charge in [0, 0.05) is 18.2 Å². The lowest BCUT2D eigenvalue weighted by atomic mass is 9.80. The molecule has 5 aromatic carbocycles.